The van der Waals surface area contributed by atoms with Crippen LogP contribution in [0, 0.1) is 0 Å². The third-order valence-electron chi connectivity index (χ3n) is 4.16. The van der Waals surface area contributed by atoms with Crippen molar-refractivity contribution in [2.75, 3.05) is 19.8 Å². The topological polar surface area (TPSA) is 56.5 Å². The lowest BCUT2D eigenvalue weighted by Gasteiger charge is -2.44. The van der Waals surface area contributed by atoms with Crippen LogP contribution in [-0.4, -0.2) is 31.5 Å². The highest BCUT2D eigenvalue weighted by atomic mass is 16.5. The van der Waals surface area contributed by atoms with Crippen molar-refractivity contribution in [2.45, 2.75) is 57.1 Å². The first kappa shape index (κ1) is 14.0. The third kappa shape index (κ3) is 2.94. The van der Waals surface area contributed by atoms with Crippen LogP contribution in [0.1, 0.15) is 45.4 Å². The summed E-state index contributed by atoms with van der Waals surface area (Å²) in [5, 5.41) is 0. The van der Waals surface area contributed by atoms with Crippen molar-refractivity contribution in [1.82, 2.24) is 5.43 Å². The first-order valence-electron chi connectivity index (χ1n) is 7.19. The Morgan fingerprint density at radius 2 is 2.22 bits per heavy atom. The smallest absolute Gasteiger partial charge is 0.0929 e. The second-order valence-corrected chi connectivity index (χ2v) is 5.23. The van der Waals surface area contributed by atoms with E-state index < -0.39 is 0 Å². The van der Waals surface area contributed by atoms with Crippen molar-refractivity contribution in [2.24, 2.45) is 5.84 Å². The van der Waals surface area contributed by atoms with Crippen molar-refractivity contribution in [3.8, 4) is 0 Å². The monoisotopic (exact) mass is 254 g/mol. The SMILES string of the molecule is CCOC1(C(NN)C2=CCCCC2)CCOCC1. The van der Waals surface area contributed by atoms with Gasteiger partial charge in [-0.15, -0.1) is 0 Å². The summed E-state index contributed by atoms with van der Waals surface area (Å²) in [6.45, 7) is 4.32. The fourth-order valence-electron chi connectivity index (χ4n) is 3.24. The van der Waals surface area contributed by atoms with E-state index in [-0.39, 0.29) is 11.6 Å². The predicted octanol–water partition coefficient (Wildman–Crippen LogP) is 1.90. The predicted molar refractivity (Wildman–Crippen MR) is 72.1 cm³/mol. The largest absolute Gasteiger partial charge is 0.381 e. The van der Waals surface area contributed by atoms with Gasteiger partial charge in [0.1, 0.15) is 0 Å². The van der Waals surface area contributed by atoms with Crippen LogP contribution >= 0.6 is 0 Å². The maximum absolute atomic E-state index is 6.11. The second-order valence-electron chi connectivity index (χ2n) is 5.23. The van der Waals surface area contributed by atoms with Crippen LogP contribution < -0.4 is 11.3 Å². The molecule has 2 aliphatic rings. The van der Waals surface area contributed by atoms with Crippen molar-refractivity contribution in [3.05, 3.63) is 11.6 Å². The van der Waals surface area contributed by atoms with Gasteiger partial charge < -0.3 is 9.47 Å². The van der Waals surface area contributed by atoms with E-state index in [1.165, 1.54) is 24.8 Å². The van der Waals surface area contributed by atoms with E-state index >= 15 is 0 Å². The van der Waals surface area contributed by atoms with Crippen LogP contribution in [-0.2, 0) is 9.47 Å². The zero-order valence-corrected chi connectivity index (χ0v) is 11.4. The molecule has 1 fully saturated rings. The number of rotatable bonds is 5. The summed E-state index contributed by atoms with van der Waals surface area (Å²) in [5.41, 5.74) is 4.27. The molecule has 0 aromatic heterocycles. The molecule has 0 aromatic rings. The van der Waals surface area contributed by atoms with Crippen LogP contribution in [0.15, 0.2) is 11.6 Å². The molecule has 1 unspecified atom stereocenters. The van der Waals surface area contributed by atoms with Gasteiger partial charge in [0.2, 0.25) is 0 Å². The Bertz CT molecular complexity index is 280. The minimum Gasteiger partial charge on any atom is -0.381 e. The molecule has 0 aromatic carbocycles. The Balaban J connectivity index is 2.17. The summed E-state index contributed by atoms with van der Waals surface area (Å²) >= 11 is 0. The lowest BCUT2D eigenvalue weighted by Crippen LogP contribution is -2.58. The summed E-state index contributed by atoms with van der Waals surface area (Å²) in [6.07, 6.45) is 9.08. The van der Waals surface area contributed by atoms with E-state index in [1.807, 2.05) is 0 Å². The standard InChI is InChI=1S/C14H26N2O2/c1-2-18-14(8-10-17-11-9-14)13(16-15)12-6-4-3-5-7-12/h6,13,16H,2-5,7-11,15H2,1H3. The van der Waals surface area contributed by atoms with Gasteiger partial charge in [-0.25, -0.2) is 0 Å². The number of hydrazine groups is 1. The number of nitrogens with two attached hydrogens (primary N) is 1. The molecule has 4 heteroatoms. The van der Waals surface area contributed by atoms with Gasteiger partial charge in [-0.3, -0.25) is 11.3 Å². The Hall–Kier alpha value is -0.420. The maximum atomic E-state index is 6.11. The quantitative estimate of drug-likeness (QED) is 0.447. The molecule has 1 saturated heterocycles. The summed E-state index contributed by atoms with van der Waals surface area (Å²) in [4.78, 5) is 0. The van der Waals surface area contributed by atoms with Crippen molar-refractivity contribution in [3.63, 3.8) is 0 Å². The Kier molecular flexibility index (Phi) is 5.18. The normalized spacial score (nSPS) is 25.6. The van der Waals surface area contributed by atoms with Gasteiger partial charge in [0.25, 0.3) is 0 Å². The molecule has 1 aliphatic heterocycles. The van der Waals surface area contributed by atoms with E-state index in [0.29, 0.717) is 0 Å². The van der Waals surface area contributed by atoms with Crippen LogP contribution in [0.4, 0.5) is 0 Å². The zero-order valence-electron chi connectivity index (χ0n) is 11.4. The summed E-state index contributed by atoms with van der Waals surface area (Å²) in [7, 11) is 0. The Morgan fingerprint density at radius 1 is 1.44 bits per heavy atom. The van der Waals surface area contributed by atoms with Crippen molar-refractivity contribution in [1.29, 1.82) is 0 Å². The number of nitrogens with one attached hydrogen (secondary N) is 1. The zero-order chi connectivity index (χ0) is 12.8. The van der Waals surface area contributed by atoms with E-state index in [0.717, 1.165) is 39.1 Å². The number of allylic oxidation sites excluding steroid dienone is 1. The van der Waals surface area contributed by atoms with Crippen LogP contribution in [0.3, 0.4) is 0 Å². The Morgan fingerprint density at radius 3 is 2.78 bits per heavy atom. The lowest BCUT2D eigenvalue weighted by molar-refractivity contribution is -0.121. The second kappa shape index (κ2) is 6.66. The molecule has 18 heavy (non-hydrogen) atoms. The molecule has 1 heterocycles. The third-order valence-corrected chi connectivity index (χ3v) is 4.16. The molecule has 0 saturated carbocycles. The van der Waals surface area contributed by atoms with Crippen molar-refractivity contribution >= 4 is 0 Å². The highest BCUT2D eigenvalue weighted by Gasteiger charge is 2.42. The average Bonchev–Trinajstić information content (AvgIpc) is 2.42. The molecular formula is C14H26N2O2. The van der Waals surface area contributed by atoms with E-state index in [9.17, 15) is 0 Å². The first-order chi connectivity index (χ1) is 8.82. The van der Waals surface area contributed by atoms with Crippen molar-refractivity contribution < 1.29 is 9.47 Å². The fourth-order valence-corrected chi connectivity index (χ4v) is 3.24. The summed E-state index contributed by atoms with van der Waals surface area (Å²) in [6, 6.07) is 0.140. The fraction of sp³-hybridized carbons (Fsp3) is 0.857. The molecule has 2 rings (SSSR count). The molecule has 3 N–H and O–H groups in total. The molecule has 0 spiro atoms. The molecular weight excluding hydrogens is 228 g/mol. The maximum Gasteiger partial charge on any atom is 0.0929 e. The van der Waals surface area contributed by atoms with E-state index in [4.69, 9.17) is 15.3 Å². The van der Waals surface area contributed by atoms with Gasteiger partial charge in [0, 0.05) is 32.7 Å². The molecule has 0 bridgehead atoms. The number of hydrogen-bond donors (Lipinski definition) is 2. The van der Waals surface area contributed by atoms with E-state index in [1.54, 1.807) is 0 Å². The molecule has 4 nitrogen and oxygen atoms in total. The molecule has 1 aliphatic carbocycles. The van der Waals surface area contributed by atoms with Crippen LogP contribution in [0.2, 0.25) is 0 Å². The van der Waals surface area contributed by atoms with Gasteiger partial charge >= 0.3 is 0 Å². The first-order valence-corrected chi connectivity index (χ1v) is 7.19. The molecule has 0 amide bonds. The van der Waals surface area contributed by atoms with Gasteiger partial charge in [0.15, 0.2) is 0 Å². The van der Waals surface area contributed by atoms with Gasteiger partial charge in [-0.1, -0.05) is 11.6 Å². The molecule has 1 atom stereocenters. The average molecular weight is 254 g/mol. The van der Waals surface area contributed by atoms with Gasteiger partial charge in [-0.05, 0) is 32.6 Å². The van der Waals surface area contributed by atoms with E-state index in [2.05, 4.69) is 18.4 Å². The molecule has 0 radical (unpaired) electrons. The highest BCUT2D eigenvalue weighted by Crippen LogP contribution is 2.35. The Labute approximate surface area is 110 Å². The van der Waals surface area contributed by atoms with Crippen LogP contribution in [0.25, 0.3) is 0 Å². The summed E-state index contributed by atoms with van der Waals surface area (Å²) < 4.78 is 11.6. The minimum absolute atomic E-state index is 0.140. The van der Waals surface area contributed by atoms with Crippen LogP contribution in [0.5, 0.6) is 0 Å². The van der Waals surface area contributed by atoms with Gasteiger partial charge in [0.05, 0.1) is 11.6 Å². The lowest BCUT2D eigenvalue weighted by atomic mass is 9.79. The highest BCUT2D eigenvalue weighted by molar-refractivity contribution is 5.19. The summed E-state index contributed by atoms with van der Waals surface area (Å²) in [5.74, 6) is 5.84. The number of ether oxygens (including phenoxy) is 2. The van der Waals surface area contributed by atoms with Gasteiger partial charge in [-0.2, -0.15) is 0 Å². The number of hydrogen-bond acceptors (Lipinski definition) is 4. The molecule has 104 valence electrons. The minimum atomic E-state index is -0.176.